The first-order chi connectivity index (χ1) is 5.66. The summed E-state index contributed by atoms with van der Waals surface area (Å²) < 4.78 is 0. The van der Waals surface area contributed by atoms with Crippen LogP contribution in [-0.4, -0.2) is 82.2 Å². The van der Waals surface area contributed by atoms with Crippen LogP contribution < -0.4 is 0 Å². The largest absolute Gasteiger partial charge is 4.00 e. The standard InChI is InChI=1S/4C2H6N.In.Ti/c4*1-3-2;;/h4*1-2H3;;/q4*-1;;+4. The predicted molar refractivity (Wildman–Crippen MR) is 66.6 cm³/mol. The van der Waals surface area contributed by atoms with E-state index in [1.807, 2.05) is 0 Å². The van der Waals surface area contributed by atoms with Crippen LogP contribution in [-0.2, 0) is 21.7 Å². The topological polar surface area (TPSA) is 56.4 Å². The monoisotopic (exact) mass is 339 g/mol. The molecular formula is C8H24InN4Ti. The minimum Gasteiger partial charge on any atom is -0.668 e. The third-order valence-electron chi connectivity index (χ3n) is 0. The van der Waals surface area contributed by atoms with E-state index in [4.69, 9.17) is 0 Å². The van der Waals surface area contributed by atoms with Gasteiger partial charge in [-0.15, -0.1) is 0 Å². The maximum Gasteiger partial charge on any atom is 4.00 e. The van der Waals surface area contributed by atoms with E-state index >= 15 is 0 Å². The van der Waals surface area contributed by atoms with Crippen LogP contribution in [0.25, 0.3) is 21.3 Å². The van der Waals surface area contributed by atoms with E-state index in [1.54, 1.807) is 56.4 Å². The van der Waals surface area contributed by atoms with Gasteiger partial charge in [0.05, 0.1) is 0 Å². The molecule has 83 valence electrons. The Labute approximate surface area is 124 Å². The summed E-state index contributed by atoms with van der Waals surface area (Å²) in [5.74, 6) is 0. The Bertz CT molecular complexity index is 29.3. The van der Waals surface area contributed by atoms with Crippen LogP contribution in [0.1, 0.15) is 0 Å². The van der Waals surface area contributed by atoms with Crippen molar-refractivity contribution in [3.63, 3.8) is 0 Å². The summed E-state index contributed by atoms with van der Waals surface area (Å²) in [6, 6.07) is 0. The number of nitrogens with zero attached hydrogens (tertiary/aromatic N) is 4. The van der Waals surface area contributed by atoms with Gasteiger partial charge in [0, 0.05) is 25.8 Å². The first kappa shape index (κ1) is 36.1. The number of hydrogen-bond donors (Lipinski definition) is 0. The van der Waals surface area contributed by atoms with Crippen molar-refractivity contribution >= 4 is 25.8 Å². The van der Waals surface area contributed by atoms with Crippen LogP contribution in [0.4, 0.5) is 0 Å². The van der Waals surface area contributed by atoms with Crippen LogP contribution >= 0.6 is 0 Å². The SMILES string of the molecule is C[N-]C.C[N-]C.C[N-]C.C[N-]C.[In].[Ti+4]. The second kappa shape index (κ2) is 88.3. The smallest absolute Gasteiger partial charge is 0.668 e. The van der Waals surface area contributed by atoms with Crippen LogP contribution in [0.2, 0.25) is 0 Å². The second-order valence-corrected chi connectivity index (χ2v) is 1.79. The van der Waals surface area contributed by atoms with Crippen molar-refractivity contribution in [3.8, 4) is 0 Å². The first-order valence-corrected chi connectivity index (χ1v) is 3.58. The van der Waals surface area contributed by atoms with E-state index in [0.29, 0.717) is 0 Å². The van der Waals surface area contributed by atoms with Gasteiger partial charge in [-0.05, 0) is 0 Å². The van der Waals surface area contributed by atoms with Crippen LogP contribution in [0, 0.1) is 0 Å². The molecule has 6 heteroatoms. The third kappa shape index (κ3) is 1020. The van der Waals surface area contributed by atoms with E-state index in [9.17, 15) is 0 Å². The van der Waals surface area contributed by atoms with E-state index in [0.717, 1.165) is 0 Å². The molecular weight excluding hydrogens is 315 g/mol. The summed E-state index contributed by atoms with van der Waals surface area (Å²) in [5.41, 5.74) is 0. The molecule has 14 heavy (non-hydrogen) atoms. The van der Waals surface area contributed by atoms with Crippen LogP contribution in [0.3, 0.4) is 0 Å². The quantitative estimate of drug-likeness (QED) is 0.607. The molecule has 0 aliphatic rings. The second-order valence-electron chi connectivity index (χ2n) is 1.79. The summed E-state index contributed by atoms with van der Waals surface area (Å²) >= 11 is 0. The Hall–Kier alpha value is 1.42. The molecule has 0 aliphatic carbocycles. The minimum atomic E-state index is 0. The van der Waals surface area contributed by atoms with Crippen molar-refractivity contribution in [2.45, 2.75) is 0 Å². The third-order valence-corrected chi connectivity index (χ3v) is 0. The van der Waals surface area contributed by atoms with Crippen LogP contribution in [0.5, 0.6) is 0 Å². The van der Waals surface area contributed by atoms with Crippen molar-refractivity contribution in [2.24, 2.45) is 0 Å². The van der Waals surface area contributed by atoms with Gasteiger partial charge < -0.3 is 21.3 Å². The fourth-order valence-electron chi connectivity index (χ4n) is 0. The zero-order chi connectivity index (χ0) is 10.8. The van der Waals surface area contributed by atoms with Gasteiger partial charge in [-0.25, -0.2) is 0 Å². The molecule has 0 aromatic rings. The zero-order valence-electron chi connectivity index (χ0n) is 10.9. The average Bonchev–Trinajstić information content (AvgIpc) is 1.92. The van der Waals surface area contributed by atoms with Gasteiger partial charge in [0.2, 0.25) is 0 Å². The normalized spacial score (nSPS) is 5.14. The molecule has 0 amide bonds. The van der Waals surface area contributed by atoms with Gasteiger partial charge in [-0.3, -0.25) is 0 Å². The molecule has 3 radical (unpaired) electrons. The maximum absolute atomic E-state index is 3.50. The average molecular weight is 339 g/mol. The Morgan fingerprint density at radius 3 is 0.429 bits per heavy atom. The fraction of sp³-hybridized carbons (Fsp3) is 1.00. The zero-order valence-corrected chi connectivity index (χ0v) is 15.7. The molecule has 0 heterocycles. The molecule has 0 fully saturated rings. The fourth-order valence-corrected chi connectivity index (χ4v) is 0. The molecule has 0 aromatic heterocycles. The van der Waals surface area contributed by atoms with Crippen molar-refractivity contribution in [2.75, 3.05) is 56.4 Å². The number of hydrogen-bond acceptors (Lipinski definition) is 0. The molecule has 0 aromatic carbocycles. The van der Waals surface area contributed by atoms with Crippen molar-refractivity contribution < 1.29 is 21.7 Å². The molecule has 0 bridgehead atoms. The molecule has 4 nitrogen and oxygen atoms in total. The van der Waals surface area contributed by atoms with Gasteiger partial charge in [0.25, 0.3) is 0 Å². The summed E-state index contributed by atoms with van der Waals surface area (Å²) in [7, 11) is 14.0. The van der Waals surface area contributed by atoms with Crippen molar-refractivity contribution in [3.05, 3.63) is 21.3 Å². The molecule has 0 aliphatic heterocycles. The van der Waals surface area contributed by atoms with Crippen molar-refractivity contribution in [1.82, 2.24) is 0 Å². The van der Waals surface area contributed by atoms with E-state index in [1.165, 1.54) is 0 Å². The molecule has 0 atom stereocenters. The molecule has 0 rings (SSSR count). The predicted octanol–water partition coefficient (Wildman–Crippen LogP) is 2.10. The Kier molecular flexibility index (Phi) is 228. The maximum atomic E-state index is 3.50. The van der Waals surface area contributed by atoms with Crippen molar-refractivity contribution in [1.29, 1.82) is 0 Å². The van der Waals surface area contributed by atoms with E-state index < -0.39 is 0 Å². The van der Waals surface area contributed by atoms with Gasteiger partial charge >= 0.3 is 21.7 Å². The molecule has 0 spiro atoms. The Morgan fingerprint density at radius 1 is 0.429 bits per heavy atom. The first-order valence-electron chi connectivity index (χ1n) is 3.58. The van der Waals surface area contributed by atoms with Gasteiger partial charge in [-0.1, -0.05) is 0 Å². The summed E-state index contributed by atoms with van der Waals surface area (Å²) in [5, 5.41) is 14.0. The summed E-state index contributed by atoms with van der Waals surface area (Å²) in [6.45, 7) is 0. The van der Waals surface area contributed by atoms with Crippen LogP contribution in [0.15, 0.2) is 0 Å². The molecule has 0 saturated carbocycles. The molecule has 0 saturated heterocycles. The van der Waals surface area contributed by atoms with Gasteiger partial charge in [0.15, 0.2) is 0 Å². The number of rotatable bonds is 0. The Morgan fingerprint density at radius 2 is 0.429 bits per heavy atom. The molecule has 0 unspecified atom stereocenters. The summed E-state index contributed by atoms with van der Waals surface area (Å²) in [6.07, 6.45) is 0. The summed E-state index contributed by atoms with van der Waals surface area (Å²) in [4.78, 5) is 0. The van der Waals surface area contributed by atoms with Gasteiger partial charge in [-0.2, -0.15) is 56.4 Å². The van der Waals surface area contributed by atoms with E-state index in [2.05, 4.69) is 21.3 Å². The van der Waals surface area contributed by atoms with Gasteiger partial charge in [0.1, 0.15) is 0 Å². The Balaban J connectivity index is -0.0000000145. The van der Waals surface area contributed by atoms with E-state index in [-0.39, 0.29) is 47.6 Å². The minimum absolute atomic E-state index is 0. The molecule has 0 N–H and O–H groups in total.